The fraction of sp³-hybridized carbons (Fsp3) is 0.562. The summed E-state index contributed by atoms with van der Waals surface area (Å²) < 4.78 is 5.34. The molecule has 0 spiro atoms. The summed E-state index contributed by atoms with van der Waals surface area (Å²) in [6, 6.07) is 5.32. The molecular formula is C16H23NO3. The number of carbonyl (C=O) groups is 1. The third kappa shape index (κ3) is 3.12. The first-order valence-electron chi connectivity index (χ1n) is 7.37. The zero-order chi connectivity index (χ0) is 14.5. The van der Waals surface area contributed by atoms with Crippen LogP contribution < -0.4 is 0 Å². The Bertz CT molecular complexity index is 463. The average Bonchev–Trinajstić information content (AvgIpc) is 2.49. The number of carbonyl (C=O) groups excluding carboxylic acids is 1. The average molecular weight is 277 g/mol. The van der Waals surface area contributed by atoms with Crippen LogP contribution in [0.1, 0.15) is 48.5 Å². The van der Waals surface area contributed by atoms with Crippen molar-refractivity contribution < 1.29 is 14.6 Å². The van der Waals surface area contributed by atoms with Gasteiger partial charge in [0.15, 0.2) is 0 Å². The van der Waals surface area contributed by atoms with Crippen molar-refractivity contribution in [2.75, 3.05) is 26.3 Å². The van der Waals surface area contributed by atoms with Crippen LogP contribution in [0.5, 0.6) is 5.75 Å². The Morgan fingerprint density at radius 1 is 1.30 bits per heavy atom. The first-order chi connectivity index (χ1) is 9.67. The standard InChI is InChI=1S/C16H23NO3/c1-3-17(4-2)16(19)13-5-6-14(15(18)11-13)12-7-9-20-10-8-12/h5-6,11-12,18H,3-4,7-10H2,1-2H3. The van der Waals surface area contributed by atoms with Gasteiger partial charge in [0.05, 0.1) is 0 Å². The molecule has 1 fully saturated rings. The molecule has 110 valence electrons. The maximum Gasteiger partial charge on any atom is 0.253 e. The largest absolute Gasteiger partial charge is 0.508 e. The van der Waals surface area contributed by atoms with E-state index in [-0.39, 0.29) is 11.7 Å². The van der Waals surface area contributed by atoms with Crippen LogP contribution in [0.25, 0.3) is 0 Å². The number of amides is 1. The highest BCUT2D eigenvalue weighted by Gasteiger charge is 2.20. The zero-order valence-corrected chi connectivity index (χ0v) is 12.3. The normalized spacial score (nSPS) is 16.1. The highest BCUT2D eigenvalue weighted by Crippen LogP contribution is 2.33. The van der Waals surface area contributed by atoms with E-state index in [0.29, 0.717) is 24.6 Å². The second kappa shape index (κ2) is 6.75. The minimum Gasteiger partial charge on any atom is -0.508 e. The molecule has 1 saturated heterocycles. The fourth-order valence-corrected chi connectivity index (χ4v) is 2.72. The minimum atomic E-state index is -0.0242. The van der Waals surface area contributed by atoms with Crippen LogP contribution in [0.4, 0.5) is 0 Å². The second-order valence-electron chi connectivity index (χ2n) is 5.14. The van der Waals surface area contributed by atoms with Gasteiger partial charge >= 0.3 is 0 Å². The molecule has 4 nitrogen and oxygen atoms in total. The van der Waals surface area contributed by atoms with Gasteiger partial charge in [-0.1, -0.05) is 6.07 Å². The van der Waals surface area contributed by atoms with E-state index in [2.05, 4.69) is 0 Å². The summed E-state index contributed by atoms with van der Waals surface area (Å²) in [7, 11) is 0. The maximum absolute atomic E-state index is 12.2. The van der Waals surface area contributed by atoms with Gasteiger partial charge in [0.25, 0.3) is 5.91 Å². The summed E-state index contributed by atoms with van der Waals surface area (Å²) in [5, 5.41) is 10.2. The maximum atomic E-state index is 12.2. The van der Waals surface area contributed by atoms with Gasteiger partial charge in [0.1, 0.15) is 5.75 Å². The van der Waals surface area contributed by atoms with Gasteiger partial charge in [-0.15, -0.1) is 0 Å². The van der Waals surface area contributed by atoms with Gasteiger partial charge in [-0.05, 0) is 50.3 Å². The van der Waals surface area contributed by atoms with Crippen molar-refractivity contribution in [3.63, 3.8) is 0 Å². The molecule has 1 amide bonds. The van der Waals surface area contributed by atoms with E-state index < -0.39 is 0 Å². The molecular weight excluding hydrogens is 254 g/mol. The van der Waals surface area contributed by atoms with Crippen LogP contribution in [0.15, 0.2) is 18.2 Å². The zero-order valence-electron chi connectivity index (χ0n) is 12.3. The number of phenolic OH excluding ortho intramolecular Hbond substituents is 1. The first-order valence-corrected chi connectivity index (χ1v) is 7.37. The molecule has 0 atom stereocenters. The number of hydrogen-bond donors (Lipinski definition) is 1. The van der Waals surface area contributed by atoms with E-state index in [1.807, 2.05) is 26.0 Å². The van der Waals surface area contributed by atoms with Gasteiger partial charge in [-0.25, -0.2) is 0 Å². The number of hydrogen-bond acceptors (Lipinski definition) is 3. The fourth-order valence-electron chi connectivity index (χ4n) is 2.72. The number of ether oxygens (including phenoxy) is 1. The Morgan fingerprint density at radius 3 is 2.50 bits per heavy atom. The van der Waals surface area contributed by atoms with E-state index in [1.54, 1.807) is 11.0 Å². The van der Waals surface area contributed by atoms with E-state index in [4.69, 9.17) is 4.74 Å². The third-order valence-corrected chi connectivity index (χ3v) is 3.99. The summed E-state index contributed by atoms with van der Waals surface area (Å²) in [6.45, 7) is 6.75. The van der Waals surface area contributed by atoms with Crippen molar-refractivity contribution >= 4 is 5.91 Å². The predicted molar refractivity (Wildman–Crippen MR) is 78.2 cm³/mol. The Morgan fingerprint density at radius 2 is 1.95 bits per heavy atom. The van der Waals surface area contributed by atoms with E-state index in [0.717, 1.165) is 31.6 Å². The molecule has 1 N–H and O–H groups in total. The van der Waals surface area contributed by atoms with Gasteiger partial charge < -0.3 is 14.7 Å². The Balaban J connectivity index is 2.18. The molecule has 1 aliphatic rings. The van der Waals surface area contributed by atoms with Crippen LogP contribution in [-0.2, 0) is 4.74 Å². The van der Waals surface area contributed by atoms with Crippen molar-refractivity contribution in [2.45, 2.75) is 32.6 Å². The number of aromatic hydroxyl groups is 1. The smallest absolute Gasteiger partial charge is 0.253 e. The third-order valence-electron chi connectivity index (χ3n) is 3.99. The van der Waals surface area contributed by atoms with Crippen molar-refractivity contribution in [3.8, 4) is 5.75 Å². The molecule has 1 aliphatic heterocycles. The van der Waals surface area contributed by atoms with Gasteiger partial charge in [-0.2, -0.15) is 0 Å². The monoisotopic (exact) mass is 277 g/mol. The van der Waals surface area contributed by atoms with Crippen LogP contribution >= 0.6 is 0 Å². The van der Waals surface area contributed by atoms with Crippen molar-refractivity contribution in [1.29, 1.82) is 0 Å². The summed E-state index contributed by atoms with van der Waals surface area (Å²) in [5.41, 5.74) is 1.49. The highest BCUT2D eigenvalue weighted by atomic mass is 16.5. The highest BCUT2D eigenvalue weighted by molar-refractivity contribution is 5.94. The van der Waals surface area contributed by atoms with E-state index in [1.165, 1.54) is 0 Å². The van der Waals surface area contributed by atoms with E-state index in [9.17, 15) is 9.90 Å². The summed E-state index contributed by atoms with van der Waals surface area (Å²) in [5.74, 6) is 0.542. The molecule has 4 heteroatoms. The topological polar surface area (TPSA) is 49.8 Å². The van der Waals surface area contributed by atoms with Crippen LogP contribution in [0.2, 0.25) is 0 Å². The quantitative estimate of drug-likeness (QED) is 0.920. The molecule has 0 aliphatic carbocycles. The molecule has 1 heterocycles. The van der Waals surface area contributed by atoms with Crippen LogP contribution in [-0.4, -0.2) is 42.2 Å². The summed E-state index contributed by atoms with van der Waals surface area (Å²) >= 11 is 0. The Hall–Kier alpha value is -1.55. The molecule has 20 heavy (non-hydrogen) atoms. The molecule has 1 aromatic rings. The molecule has 0 unspecified atom stereocenters. The number of phenols is 1. The lowest BCUT2D eigenvalue weighted by Crippen LogP contribution is -2.30. The van der Waals surface area contributed by atoms with Crippen molar-refractivity contribution in [1.82, 2.24) is 4.90 Å². The lowest BCUT2D eigenvalue weighted by atomic mass is 9.90. The van der Waals surface area contributed by atoms with Gasteiger partial charge in [-0.3, -0.25) is 4.79 Å². The summed E-state index contributed by atoms with van der Waals surface area (Å²) in [4.78, 5) is 14.0. The van der Waals surface area contributed by atoms with Crippen molar-refractivity contribution in [3.05, 3.63) is 29.3 Å². The molecule has 0 aromatic heterocycles. The first kappa shape index (κ1) is 14.9. The molecule has 2 rings (SSSR count). The van der Waals surface area contributed by atoms with Crippen LogP contribution in [0.3, 0.4) is 0 Å². The lowest BCUT2D eigenvalue weighted by molar-refractivity contribution is 0.0771. The SMILES string of the molecule is CCN(CC)C(=O)c1ccc(C2CCOCC2)c(O)c1. The number of rotatable bonds is 4. The molecule has 1 aromatic carbocycles. The van der Waals surface area contributed by atoms with Gasteiger partial charge in [0.2, 0.25) is 0 Å². The van der Waals surface area contributed by atoms with Crippen LogP contribution in [0, 0.1) is 0 Å². The number of benzene rings is 1. The minimum absolute atomic E-state index is 0.0242. The van der Waals surface area contributed by atoms with Crippen molar-refractivity contribution in [2.24, 2.45) is 0 Å². The lowest BCUT2D eigenvalue weighted by Gasteiger charge is -2.24. The Labute approximate surface area is 120 Å². The molecule has 0 radical (unpaired) electrons. The van der Waals surface area contributed by atoms with Gasteiger partial charge in [0, 0.05) is 31.9 Å². The molecule has 0 saturated carbocycles. The van der Waals surface area contributed by atoms with E-state index >= 15 is 0 Å². The Kier molecular flexibility index (Phi) is 5.01. The summed E-state index contributed by atoms with van der Waals surface area (Å²) in [6.07, 6.45) is 1.85. The second-order valence-corrected chi connectivity index (χ2v) is 5.14. The molecule has 0 bridgehead atoms. The predicted octanol–water partition coefficient (Wildman–Crippen LogP) is 2.77. The number of nitrogens with zero attached hydrogens (tertiary/aromatic N) is 1.